The summed E-state index contributed by atoms with van der Waals surface area (Å²) in [5.74, 6) is 0.0975. The molecule has 0 saturated carbocycles. The molecule has 0 radical (unpaired) electrons. The molecule has 9 nitrogen and oxygen atoms in total. The van der Waals surface area contributed by atoms with E-state index in [2.05, 4.69) is 20.4 Å². The van der Waals surface area contributed by atoms with Crippen LogP contribution in [0.5, 0.6) is 0 Å². The van der Waals surface area contributed by atoms with Crippen molar-refractivity contribution in [3.05, 3.63) is 51.8 Å². The summed E-state index contributed by atoms with van der Waals surface area (Å²) in [6.07, 6.45) is 0. The van der Waals surface area contributed by atoms with Crippen molar-refractivity contribution in [2.75, 3.05) is 5.32 Å². The summed E-state index contributed by atoms with van der Waals surface area (Å²) in [7, 11) is 0. The molecule has 0 aliphatic heterocycles. The first-order valence-electron chi connectivity index (χ1n) is 7.77. The third kappa shape index (κ3) is 3.64. The van der Waals surface area contributed by atoms with Gasteiger partial charge in [0.25, 0.3) is 11.5 Å². The average Bonchev–Trinajstić information content (AvgIpc) is 2.97. The Morgan fingerprint density at radius 1 is 1.31 bits per heavy atom. The molecule has 1 unspecified atom stereocenters. The van der Waals surface area contributed by atoms with E-state index in [1.165, 1.54) is 12.1 Å². The SMILES string of the molecule is Cc1cc(C)n2nc(SC(C)C(=O)Nc3ccccc3[N+](=O)[O-])nc2n1. The lowest BCUT2D eigenvalue weighted by Gasteiger charge is -2.10. The molecule has 0 bridgehead atoms. The van der Waals surface area contributed by atoms with Gasteiger partial charge >= 0.3 is 0 Å². The lowest BCUT2D eigenvalue weighted by Crippen LogP contribution is -2.23. The minimum atomic E-state index is -0.548. The highest BCUT2D eigenvalue weighted by molar-refractivity contribution is 8.00. The van der Waals surface area contributed by atoms with E-state index in [4.69, 9.17) is 0 Å². The number of hydrogen-bond acceptors (Lipinski definition) is 7. The van der Waals surface area contributed by atoms with Crippen molar-refractivity contribution in [1.82, 2.24) is 19.6 Å². The number of nitrogens with zero attached hydrogens (tertiary/aromatic N) is 5. The molecule has 2 aromatic heterocycles. The van der Waals surface area contributed by atoms with Gasteiger partial charge in [-0.05, 0) is 32.9 Å². The largest absolute Gasteiger partial charge is 0.319 e. The Hall–Kier alpha value is -3.01. The number of amides is 1. The Bertz CT molecular complexity index is 1000. The molecule has 134 valence electrons. The zero-order valence-corrected chi connectivity index (χ0v) is 15.1. The van der Waals surface area contributed by atoms with Crippen LogP contribution < -0.4 is 5.32 Å². The van der Waals surface area contributed by atoms with Gasteiger partial charge in [-0.1, -0.05) is 23.9 Å². The number of fused-ring (bicyclic) bond motifs is 1. The lowest BCUT2D eigenvalue weighted by atomic mass is 10.2. The van der Waals surface area contributed by atoms with E-state index in [9.17, 15) is 14.9 Å². The van der Waals surface area contributed by atoms with Crippen molar-refractivity contribution in [1.29, 1.82) is 0 Å². The van der Waals surface area contributed by atoms with Gasteiger partial charge in [0, 0.05) is 17.5 Å². The highest BCUT2D eigenvalue weighted by Gasteiger charge is 2.21. The molecule has 1 amide bonds. The molecule has 1 N–H and O–H groups in total. The van der Waals surface area contributed by atoms with Crippen LogP contribution in [0.2, 0.25) is 0 Å². The number of nitro benzene ring substituents is 1. The van der Waals surface area contributed by atoms with Crippen LogP contribution in [0, 0.1) is 24.0 Å². The Morgan fingerprint density at radius 2 is 2.04 bits per heavy atom. The molecule has 1 aromatic carbocycles. The predicted octanol–water partition coefficient (Wildman–Crippen LogP) is 2.77. The third-order valence-electron chi connectivity index (χ3n) is 3.61. The van der Waals surface area contributed by atoms with E-state index in [1.807, 2.05) is 19.9 Å². The molecule has 1 atom stereocenters. The summed E-state index contributed by atoms with van der Waals surface area (Å²) in [6.45, 7) is 5.46. The highest BCUT2D eigenvalue weighted by atomic mass is 32.2. The topological polar surface area (TPSA) is 115 Å². The van der Waals surface area contributed by atoms with Crippen LogP contribution >= 0.6 is 11.8 Å². The van der Waals surface area contributed by atoms with Crippen LogP contribution in [-0.4, -0.2) is 35.7 Å². The molecule has 26 heavy (non-hydrogen) atoms. The molecule has 0 spiro atoms. The number of aromatic nitrogens is 4. The number of para-hydroxylation sites is 2. The lowest BCUT2D eigenvalue weighted by molar-refractivity contribution is -0.383. The summed E-state index contributed by atoms with van der Waals surface area (Å²) in [5, 5.41) is 17.8. The van der Waals surface area contributed by atoms with Crippen LogP contribution in [0.3, 0.4) is 0 Å². The first kappa shape index (κ1) is 17.8. The number of thioether (sulfide) groups is 1. The first-order chi connectivity index (χ1) is 12.3. The monoisotopic (exact) mass is 372 g/mol. The normalized spacial score (nSPS) is 12.1. The van der Waals surface area contributed by atoms with Crippen LogP contribution in [0.15, 0.2) is 35.5 Å². The van der Waals surface area contributed by atoms with Crippen LogP contribution in [0.1, 0.15) is 18.3 Å². The standard InChI is InChI=1S/C16H16N6O3S/c1-9-8-10(2)21-15(17-9)19-16(20-21)26-11(3)14(23)18-12-6-4-5-7-13(12)22(24)25/h4-8,11H,1-3H3,(H,18,23). The predicted molar refractivity (Wildman–Crippen MR) is 97.3 cm³/mol. The van der Waals surface area contributed by atoms with E-state index < -0.39 is 10.2 Å². The van der Waals surface area contributed by atoms with Crippen LogP contribution in [0.4, 0.5) is 11.4 Å². The van der Waals surface area contributed by atoms with Gasteiger partial charge in [-0.3, -0.25) is 14.9 Å². The smallest absolute Gasteiger partial charge is 0.292 e. The van der Waals surface area contributed by atoms with Crippen molar-refractivity contribution in [3.63, 3.8) is 0 Å². The fourth-order valence-electron chi connectivity index (χ4n) is 2.38. The number of carbonyl (C=O) groups is 1. The maximum Gasteiger partial charge on any atom is 0.292 e. The highest BCUT2D eigenvalue weighted by Crippen LogP contribution is 2.26. The van der Waals surface area contributed by atoms with Gasteiger partial charge in [0.2, 0.25) is 11.1 Å². The molecule has 3 rings (SSSR count). The van der Waals surface area contributed by atoms with E-state index >= 15 is 0 Å². The molecule has 2 heterocycles. The summed E-state index contributed by atoms with van der Waals surface area (Å²) >= 11 is 1.16. The Balaban J connectivity index is 1.76. The minimum Gasteiger partial charge on any atom is -0.319 e. The van der Waals surface area contributed by atoms with Gasteiger partial charge in [0.15, 0.2) is 0 Å². The van der Waals surface area contributed by atoms with Gasteiger partial charge in [-0.25, -0.2) is 9.50 Å². The second-order valence-corrected chi connectivity index (χ2v) is 6.98. The fraction of sp³-hybridized carbons (Fsp3) is 0.250. The summed E-state index contributed by atoms with van der Waals surface area (Å²) < 4.78 is 1.61. The molecule has 0 aliphatic rings. The number of hydrogen-bond donors (Lipinski definition) is 1. The number of rotatable bonds is 5. The molecule has 0 aliphatic carbocycles. The van der Waals surface area contributed by atoms with Gasteiger partial charge in [0.05, 0.1) is 10.2 Å². The summed E-state index contributed by atoms with van der Waals surface area (Å²) in [6, 6.07) is 7.89. The number of nitrogens with one attached hydrogen (secondary N) is 1. The van der Waals surface area contributed by atoms with Gasteiger partial charge in [-0.15, -0.1) is 5.10 Å². The molecule has 0 saturated heterocycles. The summed E-state index contributed by atoms with van der Waals surface area (Å²) in [4.78, 5) is 31.5. The van der Waals surface area contributed by atoms with Crippen molar-refractivity contribution in [2.45, 2.75) is 31.2 Å². The van der Waals surface area contributed by atoms with Gasteiger partial charge in [-0.2, -0.15) is 4.98 Å². The van der Waals surface area contributed by atoms with Crippen molar-refractivity contribution in [2.24, 2.45) is 0 Å². The van der Waals surface area contributed by atoms with Gasteiger partial charge in [0.1, 0.15) is 5.69 Å². The Kier molecular flexibility index (Phi) is 4.85. The van der Waals surface area contributed by atoms with E-state index in [1.54, 1.807) is 23.6 Å². The van der Waals surface area contributed by atoms with E-state index in [-0.39, 0.29) is 17.3 Å². The Labute approximate surface area is 153 Å². The number of nitro groups is 1. The second-order valence-electron chi connectivity index (χ2n) is 5.67. The number of anilines is 1. The zero-order chi connectivity index (χ0) is 18.8. The average molecular weight is 372 g/mol. The minimum absolute atomic E-state index is 0.154. The van der Waals surface area contributed by atoms with Crippen molar-refractivity contribution < 1.29 is 9.72 Å². The first-order valence-corrected chi connectivity index (χ1v) is 8.65. The van der Waals surface area contributed by atoms with Gasteiger partial charge < -0.3 is 5.32 Å². The van der Waals surface area contributed by atoms with Crippen LogP contribution in [0.25, 0.3) is 5.78 Å². The number of aryl methyl sites for hydroxylation is 2. The van der Waals surface area contributed by atoms with Crippen LogP contribution in [-0.2, 0) is 4.79 Å². The maximum absolute atomic E-state index is 12.4. The van der Waals surface area contributed by atoms with E-state index in [0.717, 1.165) is 23.1 Å². The molecular weight excluding hydrogens is 356 g/mol. The summed E-state index contributed by atoms with van der Waals surface area (Å²) in [5.41, 5.74) is 1.73. The second kappa shape index (κ2) is 7.08. The molecular formula is C16H16N6O3S. The van der Waals surface area contributed by atoms with E-state index in [0.29, 0.717) is 10.9 Å². The zero-order valence-electron chi connectivity index (χ0n) is 14.3. The molecule has 0 fully saturated rings. The maximum atomic E-state index is 12.4. The van der Waals surface area contributed by atoms with Crippen molar-refractivity contribution in [3.8, 4) is 0 Å². The molecule has 10 heteroatoms. The molecule has 3 aromatic rings. The third-order valence-corrected chi connectivity index (χ3v) is 4.56. The Morgan fingerprint density at radius 3 is 2.77 bits per heavy atom. The number of carbonyl (C=O) groups excluding carboxylic acids is 1. The quantitative estimate of drug-likeness (QED) is 0.416. The number of benzene rings is 1. The van der Waals surface area contributed by atoms with Crippen molar-refractivity contribution >= 4 is 34.8 Å². The fourth-order valence-corrected chi connectivity index (χ4v) is 3.13.